The molecule has 5 unspecified atom stereocenters. The van der Waals surface area contributed by atoms with Crippen LogP contribution in [0, 0.1) is 5.92 Å². The van der Waals surface area contributed by atoms with Gasteiger partial charge in [0.05, 0.1) is 18.8 Å². The van der Waals surface area contributed by atoms with E-state index < -0.39 is 79.1 Å². The Kier molecular flexibility index (Phi) is 12.0. The first kappa shape index (κ1) is 30.0. The molecular weight excluding hydrogens is 480 g/mol. The van der Waals surface area contributed by atoms with Gasteiger partial charge in [-0.1, -0.05) is 20.3 Å². The Morgan fingerprint density at radius 1 is 0.944 bits per heavy atom. The average Bonchev–Trinajstić information content (AvgIpc) is 3.31. The number of rotatable bonds is 16. The van der Waals surface area contributed by atoms with Crippen molar-refractivity contribution in [2.45, 2.75) is 70.1 Å². The topological polar surface area (TPSA) is 254 Å². The van der Waals surface area contributed by atoms with Crippen LogP contribution in [0.1, 0.15) is 45.2 Å². The smallest absolute Gasteiger partial charge is 0.326 e. The highest BCUT2D eigenvalue weighted by atomic mass is 16.4. The molecule has 0 spiro atoms. The first-order valence-electron chi connectivity index (χ1n) is 11.2. The minimum atomic E-state index is -1.72. The molecule has 3 amide bonds. The first-order valence-corrected chi connectivity index (χ1v) is 11.2. The summed E-state index contributed by atoms with van der Waals surface area (Å²) in [6.07, 6.45) is 1.32. The highest BCUT2D eigenvalue weighted by Crippen LogP contribution is 2.08. The number of carbonyl (C=O) groups excluding carboxylic acids is 3. The number of H-pyrrole nitrogens is 1. The fraction of sp³-hybridized carbons (Fsp3) is 0.571. The lowest BCUT2D eigenvalue weighted by atomic mass is 9.98. The minimum absolute atomic E-state index is 0.0947. The molecular formula is C21H32N6O9. The van der Waals surface area contributed by atoms with Crippen LogP contribution in [0.5, 0.6) is 0 Å². The summed E-state index contributed by atoms with van der Waals surface area (Å²) in [5.41, 5.74) is 6.39. The number of aromatic amines is 1. The Hall–Kier alpha value is -4.01. The van der Waals surface area contributed by atoms with Crippen LogP contribution in [0.4, 0.5) is 0 Å². The Bertz CT molecular complexity index is 936. The minimum Gasteiger partial charge on any atom is -0.481 e. The number of nitrogens with two attached hydrogens (primary N) is 1. The number of carbonyl (C=O) groups is 6. The number of hydrogen-bond acceptors (Lipinski definition) is 8. The second-order valence-electron chi connectivity index (χ2n) is 8.24. The SMILES string of the molecule is CCC(C)C(N)C(=O)NC(Cc1cnc[nH]1)C(=O)NC(CC(=O)O)C(=O)NC(CCC(=O)O)C(=O)O. The summed E-state index contributed by atoms with van der Waals surface area (Å²) in [6, 6.07) is -5.56. The summed E-state index contributed by atoms with van der Waals surface area (Å²) in [5.74, 6) is -7.21. The third-order valence-corrected chi connectivity index (χ3v) is 5.44. The van der Waals surface area contributed by atoms with E-state index in [1.807, 2.05) is 12.2 Å². The summed E-state index contributed by atoms with van der Waals surface area (Å²) in [4.78, 5) is 78.3. The quantitative estimate of drug-likeness (QED) is 0.123. The summed E-state index contributed by atoms with van der Waals surface area (Å²) in [7, 11) is 0. The Morgan fingerprint density at radius 2 is 1.53 bits per heavy atom. The summed E-state index contributed by atoms with van der Waals surface area (Å²) in [6.45, 7) is 3.59. The fourth-order valence-electron chi connectivity index (χ4n) is 3.06. The second kappa shape index (κ2) is 14.4. The van der Waals surface area contributed by atoms with Crippen LogP contribution < -0.4 is 21.7 Å². The zero-order chi connectivity index (χ0) is 27.4. The van der Waals surface area contributed by atoms with Gasteiger partial charge in [-0.3, -0.25) is 24.0 Å². The zero-order valence-electron chi connectivity index (χ0n) is 19.9. The largest absolute Gasteiger partial charge is 0.481 e. The molecule has 200 valence electrons. The first-order chi connectivity index (χ1) is 16.8. The van der Waals surface area contributed by atoms with E-state index in [4.69, 9.17) is 10.8 Å². The third kappa shape index (κ3) is 10.1. The van der Waals surface area contributed by atoms with Crippen molar-refractivity contribution in [1.82, 2.24) is 25.9 Å². The molecule has 5 atom stereocenters. The maximum absolute atomic E-state index is 13.0. The van der Waals surface area contributed by atoms with Crippen LogP contribution in [0.25, 0.3) is 0 Å². The Balaban J connectivity index is 3.07. The molecule has 0 aliphatic rings. The van der Waals surface area contributed by atoms with Crippen molar-refractivity contribution in [3.63, 3.8) is 0 Å². The lowest BCUT2D eigenvalue weighted by molar-refractivity contribution is -0.144. The number of hydrogen-bond donors (Lipinski definition) is 8. The van der Waals surface area contributed by atoms with Crippen LogP contribution in [-0.4, -0.2) is 85.1 Å². The van der Waals surface area contributed by atoms with Gasteiger partial charge < -0.3 is 42.0 Å². The second-order valence-corrected chi connectivity index (χ2v) is 8.24. The van der Waals surface area contributed by atoms with Crippen LogP contribution in [0.15, 0.2) is 12.5 Å². The van der Waals surface area contributed by atoms with E-state index in [0.29, 0.717) is 12.1 Å². The summed E-state index contributed by atoms with van der Waals surface area (Å²) < 4.78 is 0. The molecule has 0 aromatic carbocycles. The van der Waals surface area contributed by atoms with Crippen molar-refractivity contribution in [2.75, 3.05) is 0 Å². The molecule has 0 saturated carbocycles. The van der Waals surface area contributed by atoms with Gasteiger partial charge in [0.15, 0.2) is 0 Å². The number of carboxylic acids is 3. The molecule has 1 heterocycles. The maximum atomic E-state index is 13.0. The molecule has 0 saturated heterocycles. The molecule has 0 fully saturated rings. The molecule has 1 aromatic heterocycles. The lowest BCUT2D eigenvalue weighted by Gasteiger charge is -2.25. The van der Waals surface area contributed by atoms with Gasteiger partial charge in [-0.05, 0) is 12.3 Å². The molecule has 1 aromatic rings. The van der Waals surface area contributed by atoms with Crippen molar-refractivity contribution in [1.29, 1.82) is 0 Å². The van der Waals surface area contributed by atoms with Gasteiger partial charge in [-0.15, -0.1) is 0 Å². The number of imidazole rings is 1. The predicted molar refractivity (Wildman–Crippen MR) is 122 cm³/mol. The molecule has 15 nitrogen and oxygen atoms in total. The summed E-state index contributed by atoms with van der Waals surface area (Å²) in [5, 5.41) is 34.0. The third-order valence-electron chi connectivity index (χ3n) is 5.44. The monoisotopic (exact) mass is 512 g/mol. The van der Waals surface area contributed by atoms with Gasteiger partial charge in [-0.2, -0.15) is 0 Å². The van der Waals surface area contributed by atoms with Crippen molar-refractivity contribution in [3.05, 3.63) is 18.2 Å². The highest BCUT2D eigenvalue weighted by Gasteiger charge is 2.32. The van der Waals surface area contributed by atoms with Crippen molar-refractivity contribution < 1.29 is 44.1 Å². The normalized spacial score (nSPS) is 15.0. The van der Waals surface area contributed by atoms with Crippen molar-refractivity contribution in [3.8, 4) is 0 Å². The number of nitrogens with one attached hydrogen (secondary N) is 4. The van der Waals surface area contributed by atoms with Crippen LogP contribution >= 0.6 is 0 Å². The van der Waals surface area contributed by atoms with Gasteiger partial charge in [0.25, 0.3) is 0 Å². The molecule has 0 bridgehead atoms. The lowest BCUT2D eigenvalue weighted by Crippen LogP contribution is -2.58. The number of amides is 3. The number of carboxylic acid groups (broad SMARTS) is 3. The number of aromatic nitrogens is 2. The Labute approximate surface area is 206 Å². The van der Waals surface area contributed by atoms with Crippen LogP contribution in [-0.2, 0) is 35.2 Å². The molecule has 36 heavy (non-hydrogen) atoms. The van der Waals surface area contributed by atoms with Gasteiger partial charge in [0.1, 0.15) is 18.1 Å². The molecule has 0 aliphatic heterocycles. The van der Waals surface area contributed by atoms with Gasteiger partial charge >= 0.3 is 17.9 Å². The standard InChI is InChI=1S/C21H32N6O9/c1-3-10(2)17(22)20(34)27-13(6-11-8-23-9-24-11)18(32)26-14(7-16(30)31)19(33)25-12(21(35)36)4-5-15(28)29/h8-10,12-14,17H,3-7,22H2,1-2H3,(H,23,24)(H,25,33)(H,26,32)(H,27,34)(H,28,29)(H,30,31)(H,35,36). The molecule has 9 N–H and O–H groups in total. The van der Waals surface area contributed by atoms with E-state index >= 15 is 0 Å². The van der Waals surface area contributed by atoms with E-state index in [2.05, 4.69) is 20.6 Å². The van der Waals surface area contributed by atoms with Gasteiger partial charge in [-0.25, -0.2) is 9.78 Å². The van der Waals surface area contributed by atoms with E-state index in [1.165, 1.54) is 12.5 Å². The van der Waals surface area contributed by atoms with Crippen molar-refractivity contribution in [2.24, 2.45) is 11.7 Å². The van der Waals surface area contributed by atoms with E-state index in [-0.39, 0.29) is 12.3 Å². The predicted octanol–water partition coefficient (Wildman–Crippen LogP) is -1.80. The van der Waals surface area contributed by atoms with Gasteiger partial charge in [0.2, 0.25) is 17.7 Å². The van der Waals surface area contributed by atoms with Gasteiger partial charge in [0, 0.05) is 24.7 Å². The van der Waals surface area contributed by atoms with Crippen LogP contribution in [0.3, 0.4) is 0 Å². The summed E-state index contributed by atoms with van der Waals surface area (Å²) >= 11 is 0. The fourth-order valence-corrected chi connectivity index (χ4v) is 3.06. The van der Waals surface area contributed by atoms with E-state index in [9.17, 15) is 39.0 Å². The Morgan fingerprint density at radius 3 is 2.03 bits per heavy atom. The number of nitrogens with zero attached hydrogens (tertiary/aromatic N) is 1. The average molecular weight is 513 g/mol. The molecule has 1 rings (SSSR count). The molecule has 0 aliphatic carbocycles. The zero-order valence-corrected chi connectivity index (χ0v) is 19.9. The molecule has 0 radical (unpaired) electrons. The highest BCUT2D eigenvalue weighted by molar-refractivity contribution is 5.95. The van der Waals surface area contributed by atoms with Crippen LogP contribution in [0.2, 0.25) is 0 Å². The van der Waals surface area contributed by atoms with E-state index in [1.54, 1.807) is 6.92 Å². The maximum Gasteiger partial charge on any atom is 0.326 e. The number of aliphatic carboxylic acids is 3. The van der Waals surface area contributed by atoms with E-state index in [0.717, 1.165) is 0 Å². The molecule has 15 heteroatoms. The van der Waals surface area contributed by atoms with Crippen molar-refractivity contribution >= 4 is 35.6 Å².